The first-order chi connectivity index (χ1) is 15.2. The van der Waals surface area contributed by atoms with Crippen molar-refractivity contribution in [2.75, 3.05) is 34.0 Å². The van der Waals surface area contributed by atoms with Gasteiger partial charge >= 0.3 is 0 Å². The number of nitrogens with two attached hydrogens (primary N) is 1. The Morgan fingerprint density at radius 1 is 1.19 bits per heavy atom. The van der Waals surface area contributed by atoms with Gasteiger partial charge in [0, 0.05) is 32.7 Å². The molecule has 0 radical (unpaired) electrons. The van der Waals surface area contributed by atoms with Crippen LogP contribution in [0.5, 0.6) is 11.5 Å². The van der Waals surface area contributed by atoms with Gasteiger partial charge in [-0.1, -0.05) is 19.9 Å². The monoisotopic (exact) mass is 472 g/mol. The van der Waals surface area contributed by atoms with E-state index in [0.29, 0.717) is 49.9 Å². The maximum absolute atomic E-state index is 12.0. The number of hydrogen-bond acceptors (Lipinski definition) is 7. The van der Waals surface area contributed by atoms with E-state index in [4.69, 9.17) is 19.9 Å². The van der Waals surface area contributed by atoms with E-state index < -0.39 is 22.2 Å². The summed E-state index contributed by atoms with van der Waals surface area (Å²) in [5.41, 5.74) is 7.36. The van der Waals surface area contributed by atoms with Crippen LogP contribution in [0, 0.1) is 11.8 Å². The summed E-state index contributed by atoms with van der Waals surface area (Å²) >= 11 is 0. The molecule has 1 aliphatic rings. The van der Waals surface area contributed by atoms with Gasteiger partial charge in [0.25, 0.3) is 0 Å². The Kier molecular flexibility index (Phi) is 10.7. The average Bonchev–Trinajstić information content (AvgIpc) is 3.61. The quantitative estimate of drug-likeness (QED) is 0.315. The molecule has 1 aromatic carbocycles. The standard InChI is InChI=1S/C23H40N2O6S/c1-16(2)18(14-20(24)21(26)15-25-32(27,28)19-7-8-19)12-17-6-9-22(30-4)23(13-17)31-11-5-10-29-3/h6,9,13,16,18-21,25-26H,5,7-8,10-12,14-15,24H2,1-4H3. The van der Waals surface area contributed by atoms with E-state index in [-0.39, 0.29) is 17.7 Å². The molecule has 8 nitrogen and oxygen atoms in total. The molecule has 1 aliphatic carbocycles. The fourth-order valence-electron chi connectivity index (χ4n) is 3.60. The van der Waals surface area contributed by atoms with Crippen molar-refractivity contribution >= 4 is 10.0 Å². The van der Waals surface area contributed by atoms with Crippen LogP contribution in [0.2, 0.25) is 0 Å². The number of ether oxygens (including phenoxy) is 3. The van der Waals surface area contributed by atoms with Crippen LogP contribution in [-0.2, 0) is 21.2 Å². The zero-order valence-electron chi connectivity index (χ0n) is 19.7. The lowest BCUT2D eigenvalue weighted by atomic mass is 9.83. The van der Waals surface area contributed by atoms with Crippen LogP contribution in [-0.4, -0.2) is 64.9 Å². The Hall–Kier alpha value is -1.39. The molecular weight excluding hydrogens is 432 g/mol. The van der Waals surface area contributed by atoms with E-state index in [2.05, 4.69) is 18.6 Å². The van der Waals surface area contributed by atoms with Crippen LogP contribution in [0.1, 0.15) is 45.1 Å². The third-order valence-electron chi connectivity index (χ3n) is 5.95. The maximum atomic E-state index is 12.0. The molecule has 0 amide bonds. The van der Waals surface area contributed by atoms with E-state index in [9.17, 15) is 13.5 Å². The smallest absolute Gasteiger partial charge is 0.214 e. The van der Waals surface area contributed by atoms with Gasteiger partial charge in [0.2, 0.25) is 10.0 Å². The molecule has 0 heterocycles. The number of rotatable bonds is 16. The first-order valence-corrected chi connectivity index (χ1v) is 12.9. The lowest BCUT2D eigenvalue weighted by molar-refractivity contribution is 0.129. The van der Waals surface area contributed by atoms with Crippen LogP contribution < -0.4 is 19.9 Å². The van der Waals surface area contributed by atoms with E-state index in [1.54, 1.807) is 14.2 Å². The summed E-state index contributed by atoms with van der Waals surface area (Å²) in [6, 6.07) is 5.39. The summed E-state index contributed by atoms with van der Waals surface area (Å²) in [7, 11) is -0.0505. The zero-order chi connectivity index (χ0) is 23.7. The second kappa shape index (κ2) is 12.7. The van der Waals surface area contributed by atoms with Crippen LogP contribution >= 0.6 is 0 Å². The van der Waals surface area contributed by atoms with Crippen molar-refractivity contribution in [3.63, 3.8) is 0 Å². The fraction of sp³-hybridized carbons (Fsp3) is 0.739. The summed E-state index contributed by atoms with van der Waals surface area (Å²) in [6.45, 7) is 5.38. The molecule has 0 bridgehead atoms. The molecule has 184 valence electrons. The molecule has 1 saturated carbocycles. The molecule has 0 aromatic heterocycles. The topological polar surface area (TPSA) is 120 Å². The Morgan fingerprint density at radius 2 is 1.91 bits per heavy atom. The molecule has 32 heavy (non-hydrogen) atoms. The Bertz CT molecular complexity index is 798. The van der Waals surface area contributed by atoms with Crippen LogP contribution in [0.4, 0.5) is 0 Å². The molecular formula is C23H40N2O6S. The van der Waals surface area contributed by atoms with Gasteiger partial charge in [0.1, 0.15) is 0 Å². The first kappa shape index (κ1) is 26.9. The SMILES string of the molecule is COCCCOc1cc(CC(CC(N)C(O)CNS(=O)(=O)C2CC2)C(C)C)ccc1OC. The summed E-state index contributed by atoms with van der Waals surface area (Å²) in [5.74, 6) is 1.93. The van der Waals surface area contributed by atoms with Crippen molar-refractivity contribution in [2.45, 2.75) is 63.3 Å². The molecule has 2 rings (SSSR count). The van der Waals surface area contributed by atoms with Gasteiger partial charge in [-0.2, -0.15) is 0 Å². The van der Waals surface area contributed by atoms with Gasteiger partial charge in [-0.25, -0.2) is 13.1 Å². The largest absolute Gasteiger partial charge is 0.493 e. The van der Waals surface area contributed by atoms with E-state index in [1.807, 2.05) is 18.2 Å². The molecule has 4 N–H and O–H groups in total. The molecule has 1 fully saturated rings. The fourth-order valence-corrected chi connectivity index (χ4v) is 4.99. The normalized spacial score (nSPS) is 17.2. The average molecular weight is 473 g/mol. The second-order valence-electron chi connectivity index (χ2n) is 8.95. The summed E-state index contributed by atoms with van der Waals surface area (Å²) in [5, 5.41) is 10.1. The number of nitrogens with one attached hydrogen (secondary N) is 1. The van der Waals surface area contributed by atoms with Crippen molar-refractivity contribution in [1.29, 1.82) is 0 Å². The van der Waals surface area contributed by atoms with Crippen molar-refractivity contribution in [3.8, 4) is 11.5 Å². The minimum Gasteiger partial charge on any atom is -0.493 e. The van der Waals surface area contributed by atoms with Crippen LogP contribution in [0.15, 0.2) is 18.2 Å². The van der Waals surface area contributed by atoms with Crippen molar-refractivity contribution < 1.29 is 27.7 Å². The lowest BCUT2D eigenvalue weighted by Gasteiger charge is -2.27. The predicted octanol–water partition coefficient (Wildman–Crippen LogP) is 2.09. The third-order valence-corrected chi connectivity index (χ3v) is 7.86. The van der Waals surface area contributed by atoms with Gasteiger partial charge in [0.05, 0.1) is 25.1 Å². The minimum atomic E-state index is -3.33. The molecule has 1 aromatic rings. The summed E-state index contributed by atoms with van der Waals surface area (Å²) in [4.78, 5) is 0. The number of aliphatic hydroxyl groups excluding tert-OH is 1. The maximum Gasteiger partial charge on any atom is 0.214 e. The lowest BCUT2D eigenvalue weighted by Crippen LogP contribution is -2.45. The Morgan fingerprint density at radius 3 is 2.50 bits per heavy atom. The summed E-state index contributed by atoms with van der Waals surface area (Å²) < 4.78 is 42.9. The van der Waals surface area contributed by atoms with Gasteiger partial charge in [0.15, 0.2) is 11.5 Å². The predicted molar refractivity (Wildman–Crippen MR) is 126 cm³/mol. The minimum absolute atomic E-state index is 0.0488. The molecule has 0 saturated heterocycles. The Balaban J connectivity index is 1.96. The highest BCUT2D eigenvalue weighted by Gasteiger charge is 2.36. The highest BCUT2D eigenvalue weighted by Crippen LogP contribution is 2.31. The number of sulfonamides is 1. The van der Waals surface area contributed by atoms with Crippen LogP contribution in [0.25, 0.3) is 0 Å². The zero-order valence-corrected chi connectivity index (χ0v) is 20.6. The third kappa shape index (κ3) is 8.51. The molecule has 3 unspecified atom stereocenters. The first-order valence-electron chi connectivity index (χ1n) is 11.4. The summed E-state index contributed by atoms with van der Waals surface area (Å²) in [6.07, 6.45) is 2.58. The number of aliphatic hydroxyl groups is 1. The van der Waals surface area contributed by atoms with Crippen LogP contribution in [0.3, 0.4) is 0 Å². The number of benzene rings is 1. The van der Waals surface area contributed by atoms with Gasteiger partial charge < -0.3 is 25.1 Å². The van der Waals surface area contributed by atoms with E-state index in [1.165, 1.54) is 0 Å². The molecule has 0 aliphatic heterocycles. The van der Waals surface area contributed by atoms with E-state index >= 15 is 0 Å². The van der Waals surface area contributed by atoms with Gasteiger partial charge in [-0.3, -0.25) is 0 Å². The van der Waals surface area contributed by atoms with Gasteiger partial charge in [-0.05, 0) is 55.2 Å². The molecule has 0 spiro atoms. The number of hydrogen-bond donors (Lipinski definition) is 3. The molecule has 9 heteroatoms. The highest BCUT2D eigenvalue weighted by molar-refractivity contribution is 7.90. The van der Waals surface area contributed by atoms with Crippen molar-refractivity contribution in [2.24, 2.45) is 17.6 Å². The molecule has 3 atom stereocenters. The van der Waals surface area contributed by atoms with Gasteiger partial charge in [-0.15, -0.1) is 0 Å². The van der Waals surface area contributed by atoms with Crippen molar-refractivity contribution in [1.82, 2.24) is 4.72 Å². The van der Waals surface area contributed by atoms with Crippen molar-refractivity contribution in [3.05, 3.63) is 23.8 Å². The van der Waals surface area contributed by atoms with E-state index in [0.717, 1.165) is 18.4 Å². The highest BCUT2D eigenvalue weighted by atomic mass is 32.2. The Labute approximate surface area is 192 Å². The number of methoxy groups -OCH3 is 2. The second-order valence-corrected chi connectivity index (χ2v) is 11.0.